The van der Waals surface area contributed by atoms with Crippen molar-refractivity contribution in [2.24, 2.45) is 0 Å². The molecule has 0 aromatic heterocycles. The number of ether oxygens (including phenoxy) is 1. The summed E-state index contributed by atoms with van der Waals surface area (Å²) in [5.74, 6) is -6.34. The molecule has 0 heterocycles. The Morgan fingerprint density at radius 1 is 0.875 bits per heavy atom. The van der Waals surface area contributed by atoms with Crippen LogP contribution in [0.2, 0.25) is 0 Å². The van der Waals surface area contributed by atoms with Crippen LogP contribution in [0.3, 0.4) is 0 Å². The highest BCUT2D eigenvalue weighted by Gasteiger charge is 2.18. The smallest absolute Gasteiger partial charge is 0.308 e. The molecule has 0 aliphatic carbocycles. The van der Waals surface area contributed by atoms with Gasteiger partial charge in [0.1, 0.15) is 5.75 Å². The minimum Gasteiger partial charge on any atom is -0.427 e. The van der Waals surface area contributed by atoms with Crippen molar-refractivity contribution in [1.82, 2.24) is 5.32 Å². The van der Waals surface area contributed by atoms with E-state index >= 15 is 0 Å². The van der Waals surface area contributed by atoms with Gasteiger partial charge < -0.3 is 15.4 Å². The number of halogens is 3. The Kier molecular flexibility index (Phi) is 6.89. The summed E-state index contributed by atoms with van der Waals surface area (Å²) < 4.78 is 45.1. The number of carbonyl (C=O) groups is 3. The highest BCUT2D eigenvalue weighted by atomic mass is 19.2. The Labute approximate surface area is 181 Å². The number of anilines is 1. The van der Waals surface area contributed by atoms with Crippen LogP contribution in [-0.2, 0) is 11.3 Å². The molecular weight excluding hydrogens is 425 g/mol. The van der Waals surface area contributed by atoms with Crippen molar-refractivity contribution in [3.63, 3.8) is 0 Å². The maximum Gasteiger partial charge on any atom is 0.308 e. The number of benzene rings is 3. The summed E-state index contributed by atoms with van der Waals surface area (Å²) >= 11 is 0. The Hall–Kier alpha value is -4.14. The first kappa shape index (κ1) is 22.5. The van der Waals surface area contributed by atoms with E-state index < -0.39 is 40.8 Å². The van der Waals surface area contributed by atoms with E-state index in [1.165, 1.54) is 19.1 Å². The monoisotopic (exact) mass is 442 g/mol. The van der Waals surface area contributed by atoms with E-state index in [1.807, 2.05) is 0 Å². The van der Waals surface area contributed by atoms with Gasteiger partial charge in [0.15, 0.2) is 17.5 Å². The third-order valence-corrected chi connectivity index (χ3v) is 4.28. The first-order chi connectivity index (χ1) is 15.2. The molecule has 2 amide bonds. The fourth-order valence-electron chi connectivity index (χ4n) is 2.81. The molecule has 0 aliphatic rings. The summed E-state index contributed by atoms with van der Waals surface area (Å²) in [6.07, 6.45) is 0. The van der Waals surface area contributed by atoms with E-state index in [0.29, 0.717) is 17.3 Å². The number of rotatable bonds is 6. The van der Waals surface area contributed by atoms with Crippen molar-refractivity contribution in [3.8, 4) is 5.75 Å². The van der Waals surface area contributed by atoms with Crippen LogP contribution in [0.4, 0.5) is 18.9 Å². The molecule has 0 fully saturated rings. The molecule has 32 heavy (non-hydrogen) atoms. The number of esters is 1. The molecule has 0 aliphatic heterocycles. The van der Waals surface area contributed by atoms with E-state index in [1.54, 1.807) is 36.4 Å². The van der Waals surface area contributed by atoms with Gasteiger partial charge in [-0.3, -0.25) is 14.4 Å². The topological polar surface area (TPSA) is 84.5 Å². The average Bonchev–Trinajstić information content (AvgIpc) is 2.76. The van der Waals surface area contributed by atoms with Crippen molar-refractivity contribution in [2.45, 2.75) is 13.5 Å². The molecule has 3 aromatic carbocycles. The minimum atomic E-state index is -1.72. The molecule has 3 aromatic rings. The molecule has 164 valence electrons. The lowest BCUT2D eigenvalue weighted by atomic mass is 10.1. The average molecular weight is 442 g/mol. The summed E-state index contributed by atoms with van der Waals surface area (Å²) in [5.41, 5.74) is 0.615. The van der Waals surface area contributed by atoms with Crippen LogP contribution in [0.5, 0.6) is 5.75 Å². The number of hydrogen-bond acceptors (Lipinski definition) is 4. The molecule has 0 saturated heterocycles. The molecule has 0 atom stereocenters. The van der Waals surface area contributed by atoms with Gasteiger partial charge in [0.25, 0.3) is 11.8 Å². The standard InChI is InChI=1S/C23H17F3N2O4/c1-13(29)32-17-7-3-5-15(11-17)22(30)28-16-6-2-4-14(10-16)12-27-23(31)18-8-9-19(24)21(26)20(18)25/h2-11H,12H2,1H3,(H,27,31)(H,28,30). The third kappa shape index (κ3) is 5.51. The summed E-state index contributed by atoms with van der Waals surface area (Å²) in [6.45, 7) is 1.20. The fraction of sp³-hybridized carbons (Fsp3) is 0.0870. The highest BCUT2D eigenvalue weighted by Crippen LogP contribution is 2.18. The molecule has 0 spiro atoms. The first-order valence-electron chi connectivity index (χ1n) is 9.35. The van der Waals surface area contributed by atoms with Gasteiger partial charge in [0.05, 0.1) is 5.56 Å². The van der Waals surface area contributed by atoms with E-state index in [0.717, 1.165) is 6.07 Å². The summed E-state index contributed by atoms with van der Waals surface area (Å²) in [5, 5.41) is 5.09. The molecule has 0 unspecified atom stereocenters. The van der Waals surface area contributed by atoms with Crippen molar-refractivity contribution in [2.75, 3.05) is 5.32 Å². The lowest BCUT2D eigenvalue weighted by Crippen LogP contribution is -2.24. The molecule has 6 nitrogen and oxygen atoms in total. The largest absolute Gasteiger partial charge is 0.427 e. The van der Waals surface area contributed by atoms with Crippen LogP contribution < -0.4 is 15.4 Å². The van der Waals surface area contributed by atoms with Gasteiger partial charge in [-0.2, -0.15) is 0 Å². The van der Waals surface area contributed by atoms with Crippen molar-refractivity contribution < 1.29 is 32.3 Å². The Morgan fingerprint density at radius 2 is 1.62 bits per heavy atom. The summed E-state index contributed by atoms with van der Waals surface area (Å²) in [4.78, 5) is 35.7. The number of amides is 2. The number of nitrogens with one attached hydrogen (secondary N) is 2. The van der Waals surface area contributed by atoms with Gasteiger partial charge in [0, 0.05) is 24.7 Å². The van der Waals surface area contributed by atoms with Crippen molar-refractivity contribution in [1.29, 1.82) is 0 Å². The van der Waals surface area contributed by atoms with Crippen LogP contribution in [0.25, 0.3) is 0 Å². The van der Waals surface area contributed by atoms with Gasteiger partial charge in [-0.25, -0.2) is 13.2 Å². The van der Waals surface area contributed by atoms with Crippen LogP contribution in [0.1, 0.15) is 33.2 Å². The quantitative estimate of drug-likeness (QED) is 0.340. The Bertz CT molecular complexity index is 1200. The first-order valence-corrected chi connectivity index (χ1v) is 9.35. The lowest BCUT2D eigenvalue weighted by Gasteiger charge is -2.10. The van der Waals surface area contributed by atoms with Crippen molar-refractivity contribution in [3.05, 3.63) is 94.8 Å². The normalized spacial score (nSPS) is 10.4. The maximum absolute atomic E-state index is 13.8. The number of hydrogen-bond donors (Lipinski definition) is 2. The van der Waals surface area contributed by atoms with Crippen LogP contribution in [-0.4, -0.2) is 17.8 Å². The van der Waals surface area contributed by atoms with Crippen LogP contribution in [0, 0.1) is 17.5 Å². The van der Waals surface area contributed by atoms with E-state index in [4.69, 9.17) is 4.74 Å². The van der Waals surface area contributed by atoms with E-state index in [2.05, 4.69) is 10.6 Å². The van der Waals surface area contributed by atoms with Gasteiger partial charge >= 0.3 is 5.97 Å². The Morgan fingerprint density at radius 3 is 2.38 bits per heavy atom. The summed E-state index contributed by atoms with van der Waals surface area (Å²) in [7, 11) is 0. The number of carbonyl (C=O) groups excluding carboxylic acids is 3. The fourth-order valence-corrected chi connectivity index (χ4v) is 2.81. The second kappa shape index (κ2) is 9.78. The predicted octanol–water partition coefficient (Wildman–Crippen LogP) is 4.21. The third-order valence-electron chi connectivity index (χ3n) is 4.28. The highest BCUT2D eigenvalue weighted by molar-refractivity contribution is 6.04. The van der Waals surface area contributed by atoms with Crippen LogP contribution in [0.15, 0.2) is 60.7 Å². The molecule has 9 heteroatoms. The zero-order valence-electron chi connectivity index (χ0n) is 16.7. The molecule has 0 radical (unpaired) electrons. The SMILES string of the molecule is CC(=O)Oc1cccc(C(=O)Nc2cccc(CNC(=O)c3ccc(F)c(F)c3F)c2)c1. The Balaban J connectivity index is 1.66. The molecule has 2 N–H and O–H groups in total. The predicted molar refractivity (Wildman–Crippen MR) is 110 cm³/mol. The van der Waals surface area contributed by atoms with Gasteiger partial charge in [-0.05, 0) is 48.0 Å². The molecular formula is C23H17F3N2O4. The van der Waals surface area contributed by atoms with E-state index in [-0.39, 0.29) is 17.9 Å². The molecule has 3 rings (SSSR count). The van der Waals surface area contributed by atoms with Gasteiger partial charge in [0.2, 0.25) is 0 Å². The van der Waals surface area contributed by atoms with Gasteiger partial charge in [-0.15, -0.1) is 0 Å². The zero-order valence-corrected chi connectivity index (χ0v) is 16.7. The maximum atomic E-state index is 13.8. The van der Waals surface area contributed by atoms with Crippen LogP contribution >= 0.6 is 0 Å². The van der Waals surface area contributed by atoms with Crippen molar-refractivity contribution >= 4 is 23.5 Å². The lowest BCUT2D eigenvalue weighted by molar-refractivity contribution is -0.131. The zero-order chi connectivity index (χ0) is 23.3. The minimum absolute atomic E-state index is 0.0527. The molecule has 0 bridgehead atoms. The second-order valence-corrected chi connectivity index (χ2v) is 6.68. The molecule has 0 saturated carbocycles. The summed E-state index contributed by atoms with van der Waals surface area (Å²) in [6, 6.07) is 14.1. The van der Waals surface area contributed by atoms with Gasteiger partial charge in [-0.1, -0.05) is 18.2 Å². The second-order valence-electron chi connectivity index (χ2n) is 6.68. The van der Waals surface area contributed by atoms with E-state index in [9.17, 15) is 27.6 Å².